The van der Waals surface area contributed by atoms with Gasteiger partial charge in [-0.1, -0.05) is 18.9 Å². The first-order valence-electron chi connectivity index (χ1n) is 7.06. The van der Waals surface area contributed by atoms with E-state index in [1.165, 1.54) is 29.4 Å². The SMILES string of the molecule is C=CCN(C1CCCC1)S(=O)(=O)c1cc(N)cc(C)c1F. The van der Waals surface area contributed by atoms with Crippen LogP contribution in [-0.4, -0.2) is 25.3 Å². The van der Waals surface area contributed by atoms with Gasteiger partial charge in [0.05, 0.1) is 0 Å². The maximum absolute atomic E-state index is 14.3. The first-order chi connectivity index (χ1) is 9.87. The molecule has 0 amide bonds. The maximum atomic E-state index is 14.3. The smallest absolute Gasteiger partial charge is 0.246 e. The average molecular weight is 312 g/mol. The van der Waals surface area contributed by atoms with Gasteiger partial charge >= 0.3 is 0 Å². The van der Waals surface area contributed by atoms with Crippen LogP contribution < -0.4 is 5.73 Å². The number of sulfonamides is 1. The normalized spacial score (nSPS) is 16.5. The van der Waals surface area contributed by atoms with Gasteiger partial charge in [-0.3, -0.25) is 0 Å². The number of hydrogen-bond donors (Lipinski definition) is 1. The zero-order chi connectivity index (χ0) is 15.6. The highest BCUT2D eigenvalue weighted by atomic mass is 32.2. The Kier molecular flexibility index (Phi) is 4.68. The summed E-state index contributed by atoms with van der Waals surface area (Å²) in [5.74, 6) is -0.726. The van der Waals surface area contributed by atoms with E-state index in [2.05, 4.69) is 6.58 Å². The van der Waals surface area contributed by atoms with Crippen molar-refractivity contribution in [1.29, 1.82) is 0 Å². The van der Waals surface area contributed by atoms with Crippen LogP contribution in [-0.2, 0) is 10.0 Å². The summed E-state index contributed by atoms with van der Waals surface area (Å²) in [4.78, 5) is -0.339. The van der Waals surface area contributed by atoms with Gasteiger partial charge < -0.3 is 5.73 Å². The van der Waals surface area contributed by atoms with Crippen LogP contribution in [0.5, 0.6) is 0 Å². The minimum Gasteiger partial charge on any atom is -0.399 e. The van der Waals surface area contributed by atoms with Crippen molar-refractivity contribution in [2.45, 2.75) is 43.5 Å². The molecule has 1 aliphatic rings. The number of nitrogens with zero attached hydrogens (tertiary/aromatic N) is 1. The van der Waals surface area contributed by atoms with Crippen LogP contribution in [0.15, 0.2) is 29.7 Å². The van der Waals surface area contributed by atoms with Gasteiger partial charge in [-0.25, -0.2) is 12.8 Å². The highest BCUT2D eigenvalue weighted by Crippen LogP contribution is 2.31. The molecule has 0 atom stereocenters. The van der Waals surface area contributed by atoms with Gasteiger partial charge in [-0.2, -0.15) is 4.31 Å². The van der Waals surface area contributed by atoms with Crippen molar-refractivity contribution >= 4 is 15.7 Å². The molecule has 4 nitrogen and oxygen atoms in total. The second kappa shape index (κ2) is 6.15. The van der Waals surface area contributed by atoms with Gasteiger partial charge in [0.2, 0.25) is 10.0 Å². The summed E-state index contributed by atoms with van der Waals surface area (Å²) in [6, 6.07) is 2.54. The van der Waals surface area contributed by atoms with E-state index < -0.39 is 15.8 Å². The molecule has 0 aliphatic heterocycles. The zero-order valence-corrected chi connectivity index (χ0v) is 13.0. The molecule has 21 heavy (non-hydrogen) atoms. The highest BCUT2D eigenvalue weighted by molar-refractivity contribution is 7.89. The lowest BCUT2D eigenvalue weighted by molar-refractivity contribution is 0.345. The van der Waals surface area contributed by atoms with Crippen LogP contribution >= 0.6 is 0 Å². The molecular formula is C15H21FN2O2S. The van der Waals surface area contributed by atoms with Gasteiger partial charge in [0.25, 0.3) is 0 Å². The quantitative estimate of drug-likeness (QED) is 0.671. The second-order valence-electron chi connectivity index (χ2n) is 5.45. The summed E-state index contributed by atoms with van der Waals surface area (Å²) in [5, 5.41) is 0. The molecule has 0 heterocycles. The second-order valence-corrected chi connectivity index (χ2v) is 7.31. The fourth-order valence-corrected chi connectivity index (χ4v) is 4.67. The third-order valence-electron chi connectivity index (χ3n) is 3.87. The number of benzene rings is 1. The Morgan fingerprint density at radius 1 is 1.43 bits per heavy atom. The van der Waals surface area contributed by atoms with Crippen LogP contribution in [0.3, 0.4) is 0 Å². The zero-order valence-electron chi connectivity index (χ0n) is 12.2. The molecule has 1 aromatic rings. The van der Waals surface area contributed by atoms with Crippen molar-refractivity contribution in [3.05, 3.63) is 36.2 Å². The summed E-state index contributed by atoms with van der Waals surface area (Å²) < 4.78 is 41.3. The fourth-order valence-electron chi connectivity index (χ4n) is 2.84. The molecule has 0 aromatic heterocycles. The van der Waals surface area contributed by atoms with Crippen molar-refractivity contribution in [3.63, 3.8) is 0 Å². The van der Waals surface area contributed by atoms with E-state index in [0.717, 1.165) is 25.7 Å². The molecule has 0 unspecified atom stereocenters. The molecule has 1 aromatic carbocycles. The molecule has 2 rings (SSSR count). The Morgan fingerprint density at radius 2 is 2.05 bits per heavy atom. The van der Waals surface area contributed by atoms with E-state index in [1.54, 1.807) is 0 Å². The molecule has 0 saturated heterocycles. The minimum absolute atomic E-state index is 0.0888. The number of nitrogens with two attached hydrogens (primary N) is 1. The summed E-state index contributed by atoms with van der Waals surface area (Å²) in [6.45, 7) is 5.30. The van der Waals surface area contributed by atoms with Gasteiger partial charge in [0, 0.05) is 18.3 Å². The van der Waals surface area contributed by atoms with Crippen molar-refractivity contribution in [3.8, 4) is 0 Å². The Bertz CT molecular complexity index is 637. The first-order valence-corrected chi connectivity index (χ1v) is 8.50. The summed E-state index contributed by atoms with van der Waals surface area (Å²) >= 11 is 0. The standard InChI is InChI=1S/C15H21FN2O2S/c1-3-8-18(13-6-4-5-7-13)21(19,20)14-10-12(17)9-11(2)15(14)16/h3,9-10,13H,1,4-8,17H2,2H3. The van der Waals surface area contributed by atoms with Crippen molar-refractivity contribution in [1.82, 2.24) is 4.31 Å². The van der Waals surface area contributed by atoms with Crippen molar-refractivity contribution in [2.75, 3.05) is 12.3 Å². The molecule has 116 valence electrons. The maximum Gasteiger partial charge on any atom is 0.246 e. The number of halogens is 1. The van der Waals surface area contributed by atoms with Gasteiger partial charge in [0.1, 0.15) is 10.7 Å². The summed E-state index contributed by atoms with van der Waals surface area (Å²) in [5.41, 5.74) is 6.17. The molecule has 1 aliphatic carbocycles. The van der Waals surface area contributed by atoms with Crippen LogP contribution in [0.4, 0.5) is 10.1 Å². The summed E-state index contributed by atoms with van der Waals surface area (Å²) in [7, 11) is -3.92. The van der Waals surface area contributed by atoms with Gasteiger partial charge in [0.15, 0.2) is 0 Å². The van der Waals surface area contributed by atoms with Gasteiger partial charge in [-0.05, 0) is 37.5 Å². The topological polar surface area (TPSA) is 63.4 Å². The van der Waals surface area contributed by atoms with Crippen LogP contribution in [0.25, 0.3) is 0 Å². The molecular weight excluding hydrogens is 291 g/mol. The number of nitrogen functional groups attached to an aromatic ring is 1. The minimum atomic E-state index is -3.92. The van der Waals surface area contributed by atoms with E-state index in [9.17, 15) is 12.8 Å². The fraction of sp³-hybridized carbons (Fsp3) is 0.467. The van der Waals surface area contributed by atoms with Crippen molar-refractivity contribution in [2.24, 2.45) is 0 Å². The van der Waals surface area contributed by atoms with E-state index in [-0.39, 0.29) is 28.7 Å². The van der Waals surface area contributed by atoms with Gasteiger partial charge in [-0.15, -0.1) is 6.58 Å². The highest BCUT2D eigenvalue weighted by Gasteiger charge is 2.34. The van der Waals surface area contributed by atoms with E-state index in [0.29, 0.717) is 0 Å². The van der Waals surface area contributed by atoms with Crippen LogP contribution in [0.1, 0.15) is 31.2 Å². The largest absolute Gasteiger partial charge is 0.399 e. The lowest BCUT2D eigenvalue weighted by atomic mass is 10.2. The Labute approximate surface area is 125 Å². The monoisotopic (exact) mass is 312 g/mol. The summed E-state index contributed by atoms with van der Waals surface area (Å²) in [6.07, 6.45) is 5.12. The lowest BCUT2D eigenvalue weighted by Crippen LogP contribution is -2.39. The predicted octanol–water partition coefficient (Wildman–Crippen LogP) is 2.84. The Morgan fingerprint density at radius 3 is 2.62 bits per heavy atom. The number of rotatable bonds is 5. The molecule has 1 saturated carbocycles. The molecule has 0 bridgehead atoms. The lowest BCUT2D eigenvalue weighted by Gasteiger charge is -2.27. The third kappa shape index (κ3) is 3.11. The number of anilines is 1. The van der Waals surface area contributed by atoms with E-state index >= 15 is 0 Å². The molecule has 0 radical (unpaired) electrons. The molecule has 6 heteroatoms. The predicted molar refractivity (Wildman–Crippen MR) is 81.9 cm³/mol. The Hall–Kier alpha value is -1.40. The van der Waals surface area contributed by atoms with Crippen LogP contribution in [0, 0.1) is 12.7 Å². The molecule has 1 fully saturated rings. The number of hydrogen-bond acceptors (Lipinski definition) is 3. The van der Waals surface area contributed by atoms with E-state index in [1.807, 2.05) is 0 Å². The van der Waals surface area contributed by atoms with Crippen molar-refractivity contribution < 1.29 is 12.8 Å². The van der Waals surface area contributed by atoms with E-state index in [4.69, 9.17) is 5.73 Å². The molecule has 0 spiro atoms. The molecule has 2 N–H and O–H groups in total. The Balaban J connectivity index is 2.50. The average Bonchev–Trinajstić information content (AvgIpc) is 2.93. The first kappa shape index (κ1) is 16.0. The van der Waals surface area contributed by atoms with Crippen LogP contribution in [0.2, 0.25) is 0 Å². The number of aryl methyl sites for hydroxylation is 1. The third-order valence-corrected chi connectivity index (χ3v) is 5.79.